The highest BCUT2D eigenvalue weighted by Gasteiger charge is 2.13. The van der Waals surface area contributed by atoms with Gasteiger partial charge in [-0.1, -0.05) is 29.1 Å². The lowest BCUT2D eigenvalue weighted by Gasteiger charge is -2.09. The Balaban J connectivity index is 1.26. The van der Waals surface area contributed by atoms with Gasteiger partial charge in [-0.05, 0) is 43.2 Å². The van der Waals surface area contributed by atoms with Crippen LogP contribution in [0.4, 0.5) is 5.69 Å². The molecule has 0 bridgehead atoms. The maximum Gasteiger partial charge on any atom is 0.277 e. The van der Waals surface area contributed by atoms with Crippen LogP contribution in [0.5, 0.6) is 0 Å². The summed E-state index contributed by atoms with van der Waals surface area (Å²) in [7, 11) is 0. The maximum absolute atomic E-state index is 12.2. The Morgan fingerprint density at radius 2 is 1.97 bits per heavy atom. The number of aromatic nitrogens is 5. The van der Waals surface area contributed by atoms with Crippen molar-refractivity contribution in [1.29, 1.82) is 0 Å². The molecule has 1 aromatic carbocycles. The lowest BCUT2D eigenvalue weighted by molar-refractivity contribution is -0.116. The van der Waals surface area contributed by atoms with Crippen LogP contribution < -0.4 is 5.32 Å². The smallest absolute Gasteiger partial charge is 0.277 e. The van der Waals surface area contributed by atoms with E-state index in [4.69, 9.17) is 8.94 Å². The van der Waals surface area contributed by atoms with Crippen molar-refractivity contribution in [2.75, 3.05) is 5.32 Å². The van der Waals surface area contributed by atoms with Crippen molar-refractivity contribution in [3.05, 3.63) is 65.6 Å². The molecule has 10 heteroatoms. The summed E-state index contributed by atoms with van der Waals surface area (Å²) in [5.41, 5.74) is 3.81. The number of anilines is 1. The minimum Gasteiger partial charge on any atom is -0.411 e. The van der Waals surface area contributed by atoms with Gasteiger partial charge in [0, 0.05) is 36.5 Å². The zero-order valence-corrected chi connectivity index (χ0v) is 17.8. The number of benzene rings is 1. The number of aryl methyl sites for hydroxylation is 2. The molecule has 0 saturated heterocycles. The number of hydrogen-bond donors (Lipinski definition) is 1. The van der Waals surface area contributed by atoms with Crippen LogP contribution in [0.2, 0.25) is 0 Å². The number of pyridine rings is 1. The van der Waals surface area contributed by atoms with E-state index in [-0.39, 0.29) is 12.3 Å². The van der Waals surface area contributed by atoms with Crippen LogP contribution in [0.25, 0.3) is 11.5 Å². The first-order chi connectivity index (χ1) is 15.1. The Labute approximate surface area is 182 Å². The number of hydrogen-bond acceptors (Lipinski definition) is 9. The van der Waals surface area contributed by atoms with E-state index in [2.05, 4.69) is 30.6 Å². The summed E-state index contributed by atoms with van der Waals surface area (Å²) in [4.78, 5) is 20.5. The Kier molecular flexibility index (Phi) is 6.37. The number of carbonyl (C=O) groups excluding carboxylic acids is 1. The predicted octanol–water partition coefficient (Wildman–Crippen LogP) is 4.00. The SMILES string of the molecule is Cc1cccc(NC(=O)CCc2nc(CSc3nnc(-c4ccncc4)o3)no2)c1C. The van der Waals surface area contributed by atoms with Crippen molar-refractivity contribution in [2.24, 2.45) is 0 Å². The van der Waals surface area contributed by atoms with E-state index in [1.807, 2.05) is 32.0 Å². The second-order valence-electron chi connectivity index (χ2n) is 6.80. The summed E-state index contributed by atoms with van der Waals surface area (Å²) in [5, 5.41) is 15.3. The van der Waals surface area contributed by atoms with E-state index in [9.17, 15) is 4.79 Å². The van der Waals surface area contributed by atoms with Crippen molar-refractivity contribution in [3.63, 3.8) is 0 Å². The first-order valence-electron chi connectivity index (χ1n) is 9.62. The minimum absolute atomic E-state index is 0.0997. The summed E-state index contributed by atoms with van der Waals surface area (Å²) in [6.45, 7) is 3.99. The van der Waals surface area contributed by atoms with Crippen LogP contribution in [-0.4, -0.2) is 31.2 Å². The van der Waals surface area contributed by atoms with Gasteiger partial charge in [0.15, 0.2) is 5.82 Å². The molecule has 1 amide bonds. The highest BCUT2D eigenvalue weighted by atomic mass is 32.2. The Morgan fingerprint density at radius 3 is 2.81 bits per heavy atom. The molecule has 4 rings (SSSR count). The van der Waals surface area contributed by atoms with Gasteiger partial charge in [0.2, 0.25) is 17.7 Å². The van der Waals surface area contributed by atoms with Crippen LogP contribution >= 0.6 is 11.8 Å². The monoisotopic (exact) mass is 436 g/mol. The number of thioether (sulfide) groups is 1. The molecule has 0 aliphatic heterocycles. The minimum atomic E-state index is -0.0997. The van der Waals surface area contributed by atoms with E-state index in [1.165, 1.54) is 11.8 Å². The maximum atomic E-state index is 12.2. The molecule has 0 unspecified atom stereocenters. The largest absolute Gasteiger partial charge is 0.411 e. The zero-order chi connectivity index (χ0) is 21.6. The average Bonchev–Trinajstić information content (AvgIpc) is 3.44. The van der Waals surface area contributed by atoms with Gasteiger partial charge in [-0.25, -0.2) is 0 Å². The molecule has 3 aromatic heterocycles. The fourth-order valence-electron chi connectivity index (χ4n) is 2.78. The fourth-order valence-corrected chi connectivity index (χ4v) is 3.38. The molecular weight excluding hydrogens is 416 g/mol. The first kappa shape index (κ1) is 20.7. The van der Waals surface area contributed by atoms with Crippen molar-refractivity contribution in [1.82, 2.24) is 25.3 Å². The summed E-state index contributed by atoms with van der Waals surface area (Å²) < 4.78 is 10.9. The highest BCUT2D eigenvalue weighted by molar-refractivity contribution is 7.98. The van der Waals surface area contributed by atoms with Crippen molar-refractivity contribution < 1.29 is 13.7 Å². The van der Waals surface area contributed by atoms with Gasteiger partial charge in [-0.2, -0.15) is 4.98 Å². The van der Waals surface area contributed by atoms with Gasteiger partial charge in [-0.3, -0.25) is 9.78 Å². The molecule has 0 atom stereocenters. The van der Waals surface area contributed by atoms with Crippen molar-refractivity contribution >= 4 is 23.4 Å². The van der Waals surface area contributed by atoms with Crippen molar-refractivity contribution in [2.45, 2.75) is 37.7 Å². The van der Waals surface area contributed by atoms with E-state index in [0.29, 0.717) is 35.0 Å². The fraction of sp³-hybridized carbons (Fsp3) is 0.238. The second-order valence-corrected chi connectivity index (χ2v) is 7.72. The van der Waals surface area contributed by atoms with Crippen LogP contribution in [0.1, 0.15) is 29.3 Å². The Hall–Kier alpha value is -3.53. The molecule has 9 nitrogen and oxygen atoms in total. The average molecular weight is 436 g/mol. The van der Waals surface area contributed by atoms with Crippen LogP contribution in [0, 0.1) is 13.8 Å². The quantitative estimate of drug-likeness (QED) is 0.409. The second kappa shape index (κ2) is 9.52. The molecule has 31 heavy (non-hydrogen) atoms. The zero-order valence-electron chi connectivity index (χ0n) is 17.0. The summed E-state index contributed by atoms with van der Waals surface area (Å²) in [5.74, 6) is 1.65. The van der Waals surface area contributed by atoms with Gasteiger partial charge in [-0.15, -0.1) is 10.2 Å². The van der Waals surface area contributed by atoms with Crippen molar-refractivity contribution in [3.8, 4) is 11.5 Å². The number of nitrogens with one attached hydrogen (secondary N) is 1. The van der Waals surface area contributed by atoms with Gasteiger partial charge in [0.05, 0.1) is 5.75 Å². The number of amides is 1. The first-order valence-corrected chi connectivity index (χ1v) is 10.6. The standard InChI is InChI=1S/C21H20N6O3S/c1-13-4-3-5-16(14(13)2)23-18(28)6-7-19-24-17(27-30-19)12-31-21-26-25-20(29-21)15-8-10-22-11-9-15/h3-5,8-11H,6-7,12H2,1-2H3,(H,23,28). The van der Waals surface area contributed by atoms with Gasteiger partial charge in [0.25, 0.3) is 5.22 Å². The normalized spacial score (nSPS) is 10.9. The molecule has 0 aliphatic rings. The number of nitrogens with zero attached hydrogens (tertiary/aromatic N) is 5. The van der Waals surface area contributed by atoms with E-state index in [0.717, 1.165) is 22.4 Å². The topological polar surface area (TPSA) is 120 Å². The molecule has 0 spiro atoms. The van der Waals surface area contributed by atoms with E-state index < -0.39 is 0 Å². The summed E-state index contributed by atoms with van der Waals surface area (Å²) in [6, 6.07) is 9.41. The lowest BCUT2D eigenvalue weighted by Crippen LogP contribution is -2.13. The van der Waals surface area contributed by atoms with Crippen LogP contribution in [0.3, 0.4) is 0 Å². The van der Waals surface area contributed by atoms with Crippen LogP contribution in [0.15, 0.2) is 56.9 Å². The molecule has 0 aliphatic carbocycles. The third kappa shape index (κ3) is 5.34. The number of carbonyl (C=O) groups is 1. The van der Waals surface area contributed by atoms with E-state index >= 15 is 0 Å². The third-order valence-corrected chi connectivity index (χ3v) is 5.43. The molecule has 4 aromatic rings. The van der Waals surface area contributed by atoms with Crippen LogP contribution in [-0.2, 0) is 17.0 Å². The molecular formula is C21H20N6O3S. The lowest BCUT2D eigenvalue weighted by atomic mass is 10.1. The molecule has 1 N–H and O–H groups in total. The predicted molar refractivity (Wildman–Crippen MR) is 114 cm³/mol. The molecule has 0 fully saturated rings. The molecule has 3 heterocycles. The summed E-state index contributed by atoms with van der Waals surface area (Å²) >= 11 is 1.31. The molecule has 0 radical (unpaired) electrons. The Morgan fingerprint density at radius 1 is 1.13 bits per heavy atom. The highest BCUT2D eigenvalue weighted by Crippen LogP contribution is 2.24. The van der Waals surface area contributed by atoms with Gasteiger partial charge in [0.1, 0.15) is 0 Å². The van der Waals surface area contributed by atoms with E-state index in [1.54, 1.807) is 24.5 Å². The third-order valence-electron chi connectivity index (χ3n) is 4.61. The summed E-state index contributed by atoms with van der Waals surface area (Å²) in [6.07, 6.45) is 3.94. The molecule has 0 saturated carbocycles. The molecule has 158 valence electrons. The number of rotatable bonds is 8. The van der Waals surface area contributed by atoms with Gasteiger partial charge >= 0.3 is 0 Å². The van der Waals surface area contributed by atoms with Gasteiger partial charge < -0.3 is 14.3 Å². The Bertz CT molecular complexity index is 1170.